The average molecular weight is 349 g/mol. The lowest BCUT2D eigenvalue weighted by molar-refractivity contribution is 0.0940. The fourth-order valence-electron chi connectivity index (χ4n) is 2.12. The topological polar surface area (TPSA) is 64.3 Å². The van der Waals surface area contributed by atoms with Crippen molar-refractivity contribution in [2.24, 2.45) is 0 Å². The first-order valence-corrected chi connectivity index (χ1v) is 7.31. The van der Waals surface area contributed by atoms with Gasteiger partial charge in [0.05, 0.1) is 18.7 Å². The first-order valence-electron chi connectivity index (χ1n) is 6.51. The quantitative estimate of drug-likeness (QED) is 0.830. The van der Waals surface area contributed by atoms with Crippen LogP contribution in [0, 0.1) is 0 Å². The molecule has 0 aliphatic heterocycles. The van der Waals surface area contributed by atoms with Crippen LogP contribution < -0.4 is 15.8 Å². The predicted octanol–water partition coefficient (Wildman–Crippen LogP) is 3.53. The van der Waals surface area contributed by atoms with Crippen molar-refractivity contribution in [1.82, 2.24) is 5.32 Å². The molecule has 0 spiro atoms. The first-order chi connectivity index (χ1) is 10.0. The fraction of sp³-hybridized carbons (Fsp3) is 0.188. The van der Waals surface area contributed by atoms with Gasteiger partial charge in [-0.2, -0.15) is 0 Å². The number of halogens is 1. The van der Waals surface area contributed by atoms with Crippen molar-refractivity contribution < 1.29 is 9.53 Å². The van der Waals surface area contributed by atoms with E-state index in [0.717, 1.165) is 15.8 Å². The molecule has 0 fully saturated rings. The van der Waals surface area contributed by atoms with Crippen molar-refractivity contribution in [3.63, 3.8) is 0 Å². The minimum Gasteiger partial charge on any atom is -0.496 e. The highest BCUT2D eigenvalue weighted by Crippen LogP contribution is 2.25. The molecule has 0 aliphatic rings. The van der Waals surface area contributed by atoms with E-state index in [2.05, 4.69) is 21.2 Å². The van der Waals surface area contributed by atoms with Crippen LogP contribution in [0.15, 0.2) is 46.9 Å². The van der Waals surface area contributed by atoms with Crippen LogP contribution in [0.2, 0.25) is 0 Å². The maximum atomic E-state index is 12.3. The van der Waals surface area contributed by atoms with Crippen LogP contribution in [-0.2, 0) is 0 Å². The number of nitrogens with two attached hydrogens (primary N) is 1. The number of hydrogen-bond acceptors (Lipinski definition) is 3. The van der Waals surface area contributed by atoms with E-state index in [1.165, 1.54) is 0 Å². The number of benzene rings is 2. The second-order valence-electron chi connectivity index (χ2n) is 4.67. The highest BCUT2D eigenvalue weighted by molar-refractivity contribution is 9.10. The van der Waals surface area contributed by atoms with Gasteiger partial charge >= 0.3 is 0 Å². The minimum atomic E-state index is -0.210. The Morgan fingerprint density at radius 3 is 2.67 bits per heavy atom. The van der Waals surface area contributed by atoms with Crippen molar-refractivity contribution in [3.8, 4) is 5.75 Å². The van der Waals surface area contributed by atoms with Crippen LogP contribution in [0.3, 0.4) is 0 Å². The van der Waals surface area contributed by atoms with Crippen molar-refractivity contribution >= 4 is 27.5 Å². The Balaban J connectivity index is 2.19. The number of nitrogen functional groups attached to an aromatic ring is 1. The third kappa shape index (κ3) is 3.55. The normalized spacial score (nSPS) is 11.8. The van der Waals surface area contributed by atoms with Crippen molar-refractivity contribution in [2.75, 3.05) is 12.8 Å². The van der Waals surface area contributed by atoms with E-state index in [-0.39, 0.29) is 11.9 Å². The van der Waals surface area contributed by atoms with Gasteiger partial charge in [-0.3, -0.25) is 4.79 Å². The lowest BCUT2D eigenvalue weighted by Gasteiger charge is -2.17. The van der Waals surface area contributed by atoms with Crippen LogP contribution in [-0.4, -0.2) is 13.0 Å². The zero-order valence-corrected chi connectivity index (χ0v) is 13.5. The van der Waals surface area contributed by atoms with Gasteiger partial charge in [0.2, 0.25) is 0 Å². The zero-order chi connectivity index (χ0) is 15.4. The summed E-state index contributed by atoms with van der Waals surface area (Å²) in [5, 5.41) is 2.93. The van der Waals surface area contributed by atoms with Crippen molar-refractivity contribution in [2.45, 2.75) is 13.0 Å². The molecular formula is C16H17BrN2O2. The summed E-state index contributed by atoms with van der Waals surface area (Å²) in [6.45, 7) is 1.91. The molecule has 0 aliphatic carbocycles. The number of para-hydroxylation sites is 1. The Morgan fingerprint density at radius 1 is 1.29 bits per heavy atom. The second kappa shape index (κ2) is 6.63. The minimum absolute atomic E-state index is 0.184. The molecule has 4 nitrogen and oxygen atoms in total. The summed E-state index contributed by atoms with van der Waals surface area (Å²) in [6.07, 6.45) is 0. The lowest BCUT2D eigenvalue weighted by Crippen LogP contribution is -2.27. The Hall–Kier alpha value is -2.01. The number of carbonyl (C=O) groups excluding carboxylic acids is 1. The Bertz CT molecular complexity index is 658. The van der Waals surface area contributed by atoms with Crippen molar-refractivity contribution in [3.05, 3.63) is 58.1 Å². The van der Waals surface area contributed by atoms with Gasteiger partial charge in [0, 0.05) is 15.7 Å². The smallest absolute Gasteiger partial charge is 0.253 e. The molecule has 3 N–H and O–H groups in total. The Morgan fingerprint density at radius 2 is 2.00 bits per heavy atom. The van der Waals surface area contributed by atoms with Crippen LogP contribution >= 0.6 is 15.9 Å². The molecular weight excluding hydrogens is 332 g/mol. The monoisotopic (exact) mass is 348 g/mol. The first kappa shape index (κ1) is 15.4. The fourth-order valence-corrected chi connectivity index (χ4v) is 2.50. The highest BCUT2D eigenvalue weighted by atomic mass is 79.9. The number of ether oxygens (including phenoxy) is 1. The third-order valence-corrected chi connectivity index (χ3v) is 3.70. The summed E-state index contributed by atoms with van der Waals surface area (Å²) in [4.78, 5) is 12.3. The van der Waals surface area contributed by atoms with Gasteiger partial charge in [-0.15, -0.1) is 0 Å². The van der Waals surface area contributed by atoms with Gasteiger partial charge in [0.1, 0.15) is 5.75 Å². The molecule has 0 heterocycles. The number of anilines is 1. The van der Waals surface area contributed by atoms with E-state index in [0.29, 0.717) is 11.3 Å². The molecule has 110 valence electrons. The summed E-state index contributed by atoms with van der Waals surface area (Å²) in [5.74, 6) is 0.535. The largest absolute Gasteiger partial charge is 0.496 e. The van der Waals surface area contributed by atoms with E-state index in [4.69, 9.17) is 10.5 Å². The van der Waals surface area contributed by atoms with Crippen LogP contribution in [0.1, 0.15) is 28.9 Å². The summed E-state index contributed by atoms with van der Waals surface area (Å²) < 4.78 is 6.15. The Kier molecular flexibility index (Phi) is 4.85. The summed E-state index contributed by atoms with van der Waals surface area (Å²) >= 11 is 3.32. The van der Waals surface area contributed by atoms with Gasteiger partial charge in [-0.25, -0.2) is 0 Å². The number of carbonyl (C=O) groups is 1. The van der Waals surface area contributed by atoms with Crippen LogP contribution in [0.5, 0.6) is 5.75 Å². The average Bonchev–Trinajstić information content (AvgIpc) is 2.46. The maximum absolute atomic E-state index is 12.3. The summed E-state index contributed by atoms with van der Waals surface area (Å²) in [5.41, 5.74) is 7.69. The molecule has 1 atom stereocenters. The third-order valence-electron chi connectivity index (χ3n) is 3.21. The van der Waals surface area contributed by atoms with E-state index >= 15 is 0 Å². The van der Waals surface area contributed by atoms with E-state index < -0.39 is 0 Å². The van der Waals surface area contributed by atoms with Gasteiger partial charge in [-0.05, 0) is 31.2 Å². The van der Waals surface area contributed by atoms with Gasteiger partial charge in [0.15, 0.2) is 0 Å². The Labute approximate surface area is 132 Å². The van der Waals surface area contributed by atoms with Gasteiger partial charge < -0.3 is 15.8 Å². The standard InChI is InChI=1S/C16H17BrN2O2/c1-10(12-5-3-4-6-15(12)21-2)19-16(20)13-8-7-11(17)9-14(13)18/h3-10H,18H2,1-2H3,(H,19,20)/t10-/m1/s1. The SMILES string of the molecule is COc1ccccc1[C@@H](C)NC(=O)c1ccc(Br)cc1N. The molecule has 21 heavy (non-hydrogen) atoms. The van der Waals surface area contributed by atoms with Gasteiger partial charge in [0.25, 0.3) is 5.91 Å². The number of methoxy groups -OCH3 is 1. The molecule has 5 heteroatoms. The molecule has 2 aromatic carbocycles. The summed E-state index contributed by atoms with van der Waals surface area (Å²) in [7, 11) is 1.61. The molecule has 0 bridgehead atoms. The molecule has 0 saturated heterocycles. The summed E-state index contributed by atoms with van der Waals surface area (Å²) in [6, 6.07) is 12.6. The van der Waals surface area contributed by atoms with Gasteiger partial charge in [-0.1, -0.05) is 34.1 Å². The van der Waals surface area contributed by atoms with E-state index in [1.54, 1.807) is 25.3 Å². The highest BCUT2D eigenvalue weighted by Gasteiger charge is 2.16. The van der Waals surface area contributed by atoms with Crippen LogP contribution in [0.25, 0.3) is 0 Å². The van der Waals surface area contributed by atoms with Crippen molar-refractivity contribution in [1.29, 1.82) is 0 Å². The number of rotatable bonds is 4. The van der Waals surface area contributed by atoms with Crippen LogP contribution in [0.4, 0.5) is 5.69 Å². The predicted molar refractivity (Wildman–Crippen MR) is 87.4 cm³/mol. The second-order valence-corrected chi connectivity index (χ2v) is 5.58. The molecule has 2 aromatic rings. The molecule has 0 unspecified atom stereocenters. The molecule has 1 amide bonds. The zero-order valence-electron chi connectivity index (χ0n) is 11.9. The molecule has 0 saturated carbocycles. The molecule has 0 radical (unpaired) electrons. The molecule has 2 rings (SSSR count). The molecule has 0 aromatic heterocycles. The lowest BCUT2D eigenvalue weighted by atomic mass is 10.1. The van der Waals surface area contributed by atoms with E-state index in [9.17, 15) is 4.79 Å². The number of nitrogens with one attached hydrogen (secondary N) is 1. The van der Waals surface area contributed by atoms with E-state index in [1.807, 2.05) is 31.2 Å². The number of hydrogen-bond donors (Lipinski definition) is 2. The maximum Gasteiger partial charge on any atom is 0.253 e. The number of amides is 1.